The third-order valence-electron chi connectivity index (χ3n) is 5.95. The summed E-state index contributed by atoms with van der Waals surface area (Å²) >= 11 is 7.28. The summed E-state index contributed by atoms with van der Waals surface area (Å²) in [7, 11) is 0. The zero-order chi connectivity index (χ0) is 22.9. The summed E-state index contributed by atoms with van der Waals surface area (Å²) in [5, 5.41) is 1.41. The number of hydrogen-bond donors (Lipinski definition) is 1. The maximum Gasteiger partial charge on any atom is 0.326 e. The minimum Gasteiger partial charge on any atom is -0.486 e. The van der Waals surface area contributed by atoms with Gasteiger partial charge in [0, 0.05) is 24.2 Å². The van der Waals surface area contributed by atoms with E-state index >= 15 is 0 Å². The average molecular weight is 483 g/mol. The van der Waals surface area contributed by atoms with Crippen molar-refractivity contribution in [1.29, 1.82) is 0 Å². The van der Waals surface area contributed by atoms with Crippen molar-refractivity contribution in [3.8, 4) is 5.75 Å². The number of fused-ring (bicyclic) bond motifs is 1. The van der Waals surface area contributed by atoms with Crippen LogP contribution in [0.3, 0.4) is 0 Å². The van der Waals surface area contributed by atoms with Crippen molar-refractivity contribution in [3.63, 3.8) is 0 Å². The van der Waals surface area contributed by atoms with Gasteiger partial charge in [-0.1, -0.05) is 23.7 Å². The number of hydrogen-bond acceptors (Lipinski definition) is 5. The first-order valence-electron chi connectivity index (χ1n) is 10.8. The summed E-state index contributed by atoms with van der Waals surface area (Å²) in [4.78, 5) is 35.7. The van der Waals surface area contributed by atoms with Crippen molar-refractivity contribution < 1.29 is 9.53 Å². The number of ether oxygens (including phenoxy) is 1. The van der Waals surface area contributed by atoms with Crippen molar-refractivity contribution in [2.75, 3.05) is 13.1 Å². The van der Waals surface area contributed by atoms with E-state index in [4.69, 9.17) is 16.3 Å². The van der Waals surface area contributed by atoms with Gasteiger partial charge in [0.25, 0.3) is 5.91 Å². The normalized spacial score (nSPS) is 14.7. The fourth-order valence-corrected chi connectivity index (χ4v) is 5.37. The number of benzene rings is 2. The third kappa shape index (κ3) is 4.41. The highest BCUT2D eigenvalue weighted by molar-refractivity contribution is 7.13. The monoisotopic (exact) mass is 482 g/mol. The number of aromatic nitrogens is 3. The fraction of sp³-hybridized carbons (Fsp3) is 0.292. The Morgan fingerprint density at radius 1 is 1.18 bits per heavy atom. The van der Waals surface area contributed by atoms with E-state index in [1.54, 1.807) is 24.3 Å². The van der Waals surface area contributed by atoms with Crippen LogP contribution in [-0.4, -0.2) is 38.4 Å². The van der Waals surface area contributed by atoms with Crippen LogP contribution in [0, 0.1) is 6.92 Å². The van der Waals surface area contributed by atoms with Crippen LogP contribution in [0.4, 0.5) is 0 Å². The van der Waals surface area contributed by atoms with Crippen LogP contribution in [0.2, 0.25) is 5.02 Å². The number of amides is 1. The summed E-state index contributed by atoms with van der Waals surface area (Å²) in [6.07, 6.45) is 1.47. The molecule has 1 fully saturated rings. The summed E-state index contributed by atoms with van der Waals surface area (Å²) in [6, 6.07) is 14.9. The topological polar surface area (TPSA) is 80.2 Å². The van der Waals surface area contributed by atoms with Crippen molar-refractivity contribution in [2.45, 2.75) is 32.4 Å². The first kappa shape index (κ1) is 21.7. The van der Waals surface area contributed by atoms with Crippen LogP contribution in [0.25, 0.3) is 11.0 Å². The Morgan fingerprint density at radius 3 is 2.67 bits per heavy atom. The molecule has 4 aromatic rings. The standard InChI is InChI=1S/C24H23ClN4O3S/c1-15-22(33-21(26-15)14-32-18-8-6-16(25)7-9-18)23(30)28-12-10-17(11-13-28)29-20-5-3-2-4-19(20)27-24(29)31/h2-9,17H,10-14H2,1H3,(H,27,31). The number of aryl methyl sites for hydroxylation is 1. The molecule has 2 aromatic carbocycles. The molecule has 0 spiro atoms. The van der Waals surface area contributed by atoms with Gasteiger partial charge < -0.3 is 14.6 Å². The van der Waals surface area contributed by atoms with E-state index in [-0.39, 0.29) is 17.6 Å². The molecule has 1 saturated heterocycles. The Morgan fingerprint density at radius 2 is 1.91 bits per heavy atom. The van der Waals surface area contributed by atoms with Gasteiger partial charge in [0.05, 0.1) is 16.7 Å². The van der Waals surface area contributed by atoms with Crippen molar-refractivity contribution in [3.05, 3.63) is 79.6 Å². The fourth-order valence-electron chi connectivity index (χ4n) is 4.30. The van der Waals surface area contributed by atoms with Gasteiger partial charge in [0.15, 0.2) is 0 Å². The minimum atomic E-state index is -0.0930. The van der Waals surface area contributed by atoms with Crippen LogP contribution >= 0.6 is 22.9 Å². The smallest absolute Gasteiger partial charge is 0.326 e. The third-order valence-corrected chi connectivity index (χ3v) is 7.32. The lowest BCUT2D eigenvalue weighted by molar-refractivity contribution is 0.0699. The Labute approximate surface area is 199 Å². The number of carbonyl (C=O) groups is 1. The van der Waals surface area contributed by atoms with Gasteiger partial charge in [-0.3, -0.25) is 9.36 Å². The maximum atomic E-state index is 13.2. The highest BCUT2D eigenvalue weighted by Crippen LogP contribution is 2.28. The summed E-state index contributed by atoms with van der Waals surface area (Å²) in [6.45, 7) is 3.35. The molecule has 0 radical (unpaired) electrons. The molecule has 9 heteroatoms. The highest BCUT2D eigenvalue weighted by atomic mass is 35.5. The second-order valence-corrected chi connectivity index (χ2v) is 9.63. The van der Waals surface area contributed by atoms with Crippen LogP contribution in [0.15, 0.2) is 53.3 Å². The largest absolute Gasteiger partial charge is 0.486 e. The molecular formula is C24H23ClN4O3S. The SMILES string of the molecule is Cc1nc(COc2ccc(Cl)cc2)sc1C(=O)N1CCC(n2c(=O)[nH]c3ccccc32)CC1. The van der Waals surface area contributed by atoms with Crippen LogP contribution < -0.4 is 10.4 Å². The number of thiazole rings is 1. The quantitative estimate of drug-likeness (QED) is 0.443. The average Bonchev–Trinajstić information content (AvgIpc) is 3.37. The predicted molar refractivity (Wildman–Crippen MR) is 129 cm³/mol. The number of nitrogens with one attached hydrogen (secondary N) is 1. The Kier molecular flexibility index (Phi) is 5.95. The highest BCUT2D eigenvalue weighted by Gasteiger charge is 2.28. The van der Waals surface area contributed by atoms with Gasteiger partial charge in [-0.15, -0.1) is 11.3 Å². The lowest BCUT2D eigenvalue weighted by atomic mass is 10.0. The van der Waals surface area contributed by atoms with Crippen LogP contribution in [0.1, 0.15) is 39.3 Å². The molecule has 7 nitrogen and oxygen atoms in total. The number of nitrogens with zero attached hydrogens (tertiary/aromatic N) is 3. The molecule has 0 bridgehead atoms. The van der Waals surface area contributed by atoms with E-state index < -0.39 is 0 Å². The van der Waals surface area contributed by atoms with Crippen LogP contribution in [0.5, 0.6) is 5.75 Å². The zero-order valence-corrected chi connectivity index (χ0v) is 19.7. The number of para-hydroxylation sites is 2. The number of likely N-dealkylation sites (tertiary alicyclic amines) is 1. The number of piperidine rings is 1. The molecule has 2 aromatic heterocycles. The van der Waals surface area contributed by atoms with E-state index in [0.29, 0.717) is 35.3 Å². The van der Waals surface area contributed by atoms with Gasteiger partial charge in [0.1, 0.15) is 22.2 Å². The molecule has 0 atom stereocenters. The summed E-state index contributed by atoms with van der Waals surface area (Å²) in [5.74, 6) is 0.696. The molecule has 1 amide bonds. The molecule has 0 aliphatic carbocycles. The van der Waals surface area contributed by atoms with Crippen molar-refractivity contribution in [1.82, 2.24) is 19.4 Å². The molecule has 5 rings (SSSR count). The predicted octanol–water partition coefficient (Wildman–Crippen LogP) is 4.80. The summed E-state index contributed by atoms with van der Waals surface area (Å²) in [5.41, 5.74) is 2.38. The second-order valence-electron chi connectivity index (χ2n) is 8.11. The molecule has 170 valence electrons. The number of rotatable bonds is 5. The van der Waals surface area contributed by atoms with E-state index in [1.807, 2.05) is 40.7 Å². The molecule has 33 heavy (non-hydrogen) atoms. The van der Waals surface area contributed by atoms with Gasteiger partial charge in [0.2, 0.25) is 0 Å². The Bertz CT molecular complexity index is 1350. The lowest BCUT2D eigenvalue weighted by Gasteiger charge is -2.32. The van der Waals surface area contributed by atoms with Gasteiger partial charge in [-0.05, 0) is 56.2 Å². The molecule has 1 aliphatic heterocycles. The van der Waals surface area contributed by atoms with E-state index in [1.165, 1.54) is 11.3 Å². The molecule has 1 N–H and O–H groups in total. The number of H-pyrrole nitrogens is 1. The maximum absolute atomic E-state index is 13.2. The second kappa shape index (κ2) is 9.03. The van der Waals surface area contributed by atoms with Gasteiger partial charge in [-0.2, -0.15) is 0 Å². The first-order valence-corrected chi connectivity index (χ1v) is 12.0. The number of halogens is 1. The number of aromatic amines is 1. The summed E-state index contributed by atoms with van der Waals surface area (Å²) < 4.78 is 7.61. The zero-order valence-electron chi connectivity index (χ0n) is 18.1. The molecule has 0 unspecified atom stereocenters. The molecule has 3 heterocycles. The van der Waals surface area contributed by atoms with E-state index in [2.05, 4.69) is 9.97 Å². The minimum absolute atomic E-state index is 0.00698. The van der Waals surface area contributed by atoms with Crippen molar-refractivity contribution >= 4 is 39.9 Å². The number of carbonyl (C=O) groups excluding carboxylic acids is 1. The van der Waals surface area contributed by atoms with E-state index in [9.17, 15) is 9.59 Å². The molecule has 1 aliphatic rings. The molecule has 0 saturated carbocycles. The Balaban J connectivity index is 1.24. The Hall–Kier alpha value is -3.10. The van der Waals surface area contributed by atoms with Crippen molar-refractivity contribution in [2.24, 2.45) is 0 Å². The first-order chi connectivity index (χ1) is 16.0. The lowest BCUT2D eigenvalue weighted by Crippen LogP contribution is -2.40. The number of imidazole rings is 1. The van der Waals surface area contributed by atoms with Gasteiger partial charge in [-0.25, -0.2) is 9.78 Å². The van der Waals surface area contributed by atoms with E-state index in [0.717, 1.165) is 34.6 Å². The van der Waals surface area contributed by atoms with Crippen LogP contribution in [-0.2, 0) is 6.61 Å². The van der Waals surface area contributed by atoms with Gasteiger partial charge >= 0.3 is 5.69 Å². The molecular weight excluding hydrogens is 460 g/mol.